The van der Waals surface area contributed by atoms with Crippen LogP contribution in [0.5, 0.6) is 0 Å². The van der Waals surface area contributed by atoms with Crippen molar-refractivity contribution in [2.45, 2.75) is 12.5 Å². The minimum Gasteiger partial charge on any atom is -0.380 e. The number of para-hydroxylation sites is 1. The highest BCUT2D eigenvalue weighted by Gasteiger charge is 2.26. The number of carbonyl (C=O) groups excluding carboxylic acids is 1. The Kier molecular flexibility index (Phi) is 5.03. The van der Waals surface area contributed by atoms with Gasteiger partial charge in [-0.05, 0) is 48.9 Å². The van der Waals surface area contributed by atoms with Gasteiger partial charge in [0.15, 0.2) is 0 Å². The van der Waals surface area contributed by atoms with Crippen LogP contribution in [0.25, 0.3) is 5.69 Å². The van der Waals surface area contributed by atoms with Crippen molar-refractivity contribution in [3.05, 3.63) is 78.1 Å². The summed E-state index contributed by atoms with van der Waals surface area (Å²) < 4.78 is 1.94. The number of amides is 2. The van der Waals surface area contributed by atoms with E-state index in [9.17, 15) is 4.79 Å². The van der Waals surface area contributed by atoms with E-state index in [1.54, 1.807) is 6.07 Å². The molecule has 2 amide bonds. The molecule has 0 aliphatic carbocycles. The Bertz CT molecular complexity index is 911. The predicted octanol–water partition coefficient (Wildman–Crippen LogP) is 4.85. The zero-order valence-corrected chi connectivity index (χ0v) is 15.6. The molecule has 1 aliphatic heterocycles. The van der Waals surface area contributed by atoms with Crippen LogP contribution in [0.15, 0.2) is 73.1 Å². The molecule has 6 heteroatoms. The molecule has 3 aromatic rings. The standard InChI is InChI=1S/C21H21ClN4O/c22-16-8-9-19(20(14-16)25-11-4-5-12-25)24-21(27)26-13-10-18(15-26)23-17-6-2-1-3-7-17/h1-9,11-12,14,18,23H,10,13,15H2,(H,24,27)/t18-/m1/s1. The van der Waals surface area contributed by atoms with E-state index in [0.29, 0.717) is 11.6 Å². The number of nitrogens with zero attached hydrogens (tertiary/aromatic N) is 2. The van der Waals surface area contributed by atoms with Crippen LogP contribution in [0.1, 0.15) is 6.42 Å². The van der Waals surface area contributed by atoms with Gasteiger partial charge in [0.1, 0.15) is 0 Å². The number of nitrogens with one attached hydrogen (secondary N) is 2. The highest BCUT2D eigenvalue weighted by atomic mass is 35.5. The Balaban J connectivity index is 1.43. The van der Waals surface area contributed by atoms with Gasteiger partial charge in [-0.3, -0.25) is 0 Å². The zero-order chi connectivity index (χ0) is 18.6. The van der Waals surface area contributed by atoms with Gasteiger partial charge < -0.3 is 20.1 Å². The second-order valence-electron chi connectivity index (χ2n) is 6.62. The van der Waals surface area contributed by atoms with Gasteiger partial charge in [-0.2, -0.15) is 0 Å². The first-order valence-corrected chi connectivity index (χ1v) is 9.37. The molecular formula is C21H21ClN4O. The number of anilines is 2. The maximum absolute atomic E-state index is 12.8. The van der Waals surface area contributed by atoms with E-state index >= 15 is 0 Å². The summed E-state index contributed by atoms with van der Waals surface area (Å²) in [4.78, 5) is 14.6. The molecule has 0 bridgehead atoms. The Morgan fingerprint density at radius 1 is 1.04 bits per heavy atom. The van der Waals surface area contributed by atoms with Crippen LogP contribution >= 0.6 is 11.6 Å². The summed E-state index contributed by atoms with van der Waals surface area (Å²) in [6.45, 7) is 1.40. The van der Waals surface area contributed by atoms with Gasteiger partial charge in [-0.1, -0.05) is 29.8 Å². The molecule has 138 valence electrons. The van der Waals surface area contributed by atoms with Crippen LogP contribution in [0.4, 0.5) is 16.2 Å². The lowest BCUT2D eigenvalue weighted by molar-refractivity contribution is 0.222. The fourth-order valence-corrected chi connectivity index (χ4v) is 3.51. The van der Waals surface area contributed by atoms with Crippen molar-refractivity contribution >= 4 is 29.0 Å². The third-order valence-electron chi connectivity index (χ3n) is 4.70. The molecule has 2 heterocycles. The molecule has 2 aromatic carbocycles. The second-order valence-corrected chi connectivity index (χ2v) is 7.06. The molecule has 0 spiro atoms. The summed E-state index contributed by atoms with van der Waals surface area (Å²) in [5, 5.41) is 7.15. The van der Waals surface area contributed by atoms with Crippen molar-refractivity contribution in [1.29, 1.82) is 0 Å². The molecule has 0 unspecified atom stereocenters. The number of likely N-dealkylation sites (tertiary alicyclic amines) is 1. The van der Waals surface area contributed by atoms with Crippen LogP contribution in [-0.2, 0) is 0 Å². The highest BCUT2D eigenvalue weighted by molar-refractivity contribution is 6.30. The van der Waals surface area contributed by atoms with Crippen molar-refractivity contribution in [3.63, 3.8) is 0 Å². The first-order valence-electron chi connectivity index (χ1n) is 8.99. The van der Waals surface area contributed by atoms with E-state index in [2.05, 4.69) is 10.6 Å². The topological polar surface area (TPSA) is 49.3 Å². The Labute approximate surface area is 163 Å². The number of hydrogen-bond donors (Lipinski definition) is 2. The van der Waals surface area contributed by atoms with Gasteiger partial charge in [-0.15, -0.1) is 0 Å². The largest absolute Gasteiger partial charge is 0.380 e. The van der Waals surface area contributed by atoms with Gasteiger partial charge in [0.2, 0.25) is 0 Å². The molecule has 0 saturated carbocycles. The molecule has 5 nitrogen and oxygen atoms in total. The first kappa shape index (κ1) is 17.5. The fourth-order valence-electron chi connectivity index (χ4n) is 3.35. The fraction of sp³-hybridized carbons (Fsp3) is 0.190. The number of benzene rings is 2. The van der Waals surface area contributed by atoms with Gasteiger partial charge in [0.05, 0.1) is 11.4 Å². The summed E-state index contributed by atoms with van der Waals surface area (Å²) in [5.74, 6) is 0. The molecule has 1 saturated heterocycles. The van der Waals surface area contributed by atoms with Gasteiger partial charge in [0.25, 0.3) is 0 Å². The summed E-state index contributed by atoms with van der Waals surface area (Å²) in [7, 11) is 0. The van der Waals surface area contributed by atoms with E-state index in [0.717, 1.165) is 30.0 Å². The molecule has 1 atom stereocenters. The summed E-state index contributed by atoms with van der Waals surface area (Å²) in [6, 6.07) is 19.6. The first-order chi connectivity index (χ1) is 13.2. The number of urea groups is 1. The molecule has 0 radical (unpaired) electrons. The predicted molar refractivity (Wildman–Crippen MR) is 110 cm³/mol. The van der Waals surface area contributed by atoms with Gasteiger partial charge >= 0.3 is 6.03 Å². The number of hydrogen-bond acceptors (Lipinski definition) is 2. The van der Waals surface area contributed by atoms with Crippen molar-refractivity contribution in [1.82, 2.24) is 9.47 Å². The van der Waals surface area contributed by atoms with Gasteiger partial charge in [0, 0.05) is 42.2 Å². The molecule has 27 heavy (non-hydrogen) atoms. The number of aromatic nitrogens is 1. The second kappa shape index (κ2) is 7.76. The van der Waals surface area contributed by atoms with E-state index < -0.39 is 0 Å². The molecular weight excluding hydrogens is 360 g/mol. The van der Waals surface area contributed by atoms with Crippen LogP contribution in [0.2, 0.25) is 5.02 Å². The van der Waals surface area contributed by atoms with Crippen LogP contribution in [-0.4, -0.2) is 34.6 Å². The zero-order valence-electron chi connectivity index (χ0n) is 14.8. The number of halogens is 1. The van der Waals surface area contributed by atoms with Gasteiger partial charge in [-0.25, -0.2) is 4.79 Å². The highest BCUT2D eigenvalue weighted by Crippen LogP contribution is 2.25. The quantitative estimate of drug-likeness (QED) is 0.679. The summed E-state index contributed by atoms with van der Waals surface area (Å²) in [6.07, 6.45) is 4.78. The summed E-state index contributed by atoms with van der Waals surface area (Å²) >= 11 is 6.15. The van der Waals surface area contributed by atoms with E-state index in [1.165, 1.54) is 0 Å². The summed E-state index contributed by atoms with van der Waals surface area (Å²) in [5.41, 5.74) is 2.66. The lowest BCUT2D eigenvalue weighted by Crippen LogP contribution is -2.35. The van der Waals surface area contributed by atoms with Crippen molar-refractivity contribution < 1.29 is 4.79 Å². The Hall–Kier alpha value is -2.92. The van der Waals surface area contributed by atoms with E-state index in [4.69, 9.17) is 11.6 Å². The van der Waals surface area contributed by atoms with Crippen LogP contribution in [0, 0.1) is 0 Å². The molecule has 4 rings (SSSR count). The third-order valence-corrected chi connectivity index (χ3v) is 4.94. The molecule has 2 N–H and O–H groups in total. The van der Waals surface area contributed by atoms with Crippen LogP contribution < -0.4 is 10.6 Å². The maximum Gasteiger partial charge on any atom is 0.321 e. The third kappa shape index (κ3) is 4.09. The van der Waals surface area contributed by atoms with Crippen LogP contribution in [0.3, 0.4) is 0 Å². The Morgan fingerprint density at radius 3 is 2.59 bits per heavy atom. The van der Waals surface area contributed by atoms with Crippen molar-refractivity contribution in [3.8, 4) is 5.69 Å². The molecule has 1 aliphatic rings. The van der Waals surface area contributed by atoms with Crippen molar-refractivity contribution in [2.75, 3.05) is 23.7 Å². The minimum absolute atomic E-state index is 0.0944. The maximum atomic E-state index is 12.8. The van der Waals surface area contributed by atoms with E-state index in [1.807, 2.05) is 76.5 Å². The van der Waals surface area contributed by atoms with Crippen molar-refractivity contribution in [2.24, 2.45) is 0 Å². The Morgan fingerprint density at radius 2 is 1.81 bits per heavy atom. The number of rotatable bonds is 4. The van der Waals surface area contributed by atoms with E-state index in [-0.39, 0.29) is 12.1 Å². The molecule has 1 fully saturated rings. The smallest absolute Gasteiger partial charge is 0.321 e. The average Bonchev–Trinajstić information content (AvgIpc) is 3.36. The normalized spacial score (nSPS) is 16.3. The minimum atomic E-state index is -0.0944. The molecule has 1 aromatic heterocycles. The SMILES string of the molecule is O=C(Nc1ccc(Cl)cc1-n1cccc1)N1CC[C@@H](Nc2ccccc2)C1. The average molecular weight is 381 g/mol. The lowest BCUT2D eigenvalue weighted by Gasteiger charge is -2.20. The lowest BCUT2D eigenvalue weighted by atomic mass is 10.2. The monoisotopic (exact) mass is 380 g/mol. The number of carbonyl (C=O) groups is 1.